The molecule has 0 radical (unpaired) electrons. The SMILES string of the molecule is CN(Cc1ccc(Cl)cc1F)CC1CCCNC1. The lowest BCUT2D eigenvalue weighted by Gasteiger charge is -2.27. The van der Waals surface area contributed by atoms with Crippen molar-refractivity contribution in [3.8, 4) is 0 Å². The van der Waals surface area contributed by atoms with Crippen LogP contribution in [0.5, 0.6) is 0 Å². The lowest BCUT2D eigenvalue weighted by Crippen LogP contribution is -2.36. The third kappa shape index (κ3) is 3.94. The fourth-order valence-electron chi connectivity index (χ4n) is 2.53. The highest BCUT2D eigenvalue weighted by atomic mass is 35.5. The van der Waals surface area contributed by atoms with Crippen LogP contribution in [-0.4, -0.2) is 31.6 Å². The Morgan fingerprint density at radius 2 is 2.33 bits per heavy atom. The van der Waals surface area contributed by atoms with Crippen molar-refractivity contribution in [2.45, 2.75) is 19.4 Å². The van der Waals surface area contributed by atoms with Gasteiger partial charge in [0.15, 0.2) is 0 Å². The van der Waals surface area contributed by atoms with Gasteiger partial charge in [0.1, 0.15) is 5.82 Å². The Bertz CT molecular complexity index is 391. The topological polar surface area (TPSA) is 15.3 Å². The number of rotatable bonds is 4. The van der Waals surface area contributed by atoms with Crippen LogP contribution in [0.3, 0.4) is 0 Å². The van der Waals surface area contributed by atoms with Gasteiger partial charge in [-0.25, -0.2) is 4.39 Å². The third-order valence-electron chi connectivity index (χ3n) is 3.42. The molecule has 0 saturated carbocycles. The third-order valence-corrected chi connectivity index (χ3v) is 3.66. The summed E-state index contributed by atoms with van der Waals surface area (Å²) in [7, 11) is 2.04. The Hall–Kier alpha value is -0.640. The van der Waals surface area contributed by atoms with E-state index in [9.17, 15) is 4.39 Å². The summed E-state index contributed by atoms with van der Waals surface area (Å²) in [6, 6.07) is 4.90. The quantitative estimate of drug-likeness (QED) is 0.905. The van der Waals surface area contributed by atoms with Gasteiger partial charge in [-0.3, -0.25) is 0 Å². The normalized spacial score (nSPS) is 20.3. The van der Waals surface area contributed by atoms with Crippen LogP contribution in [0.2, 0.25) is 5.02 Å². The first-order chi connectivity index (χ1) is 8.65. The lowest BCUT2D eigenvalue weighted by atomic mass is 9.99. The standard InChI is InChI=1S/C14H20ClFN2/c1-18(9-11-3-2-6-17-8-11)10-12-4-5-13(15)7-14(12)16/h4-5,7,11,17H,2-3,6,8-10H2,1H3. The molecule has 1 fully saturated rings. The van der Waals surface area contributed by atoms with E-state index in [1.807, 2.05) is 7.05 Å². The zero-order chi connectivity index (χ0) is 13.0. The second-order valence-corrected chi connectivity index (χ2v) is 5.58. The zero-order valence-electron chi connectivity index (χ0n) is 10.8. The molecule has 0 spiro atoms. The largest absolute Gasteiger partial charge is 0.316 e. The summed E-state index contributed by atoms with van der Waals surface area (Å²) in [5.74, 6) is 0.468. The molecular weight excluding hydrogens is 251 g/mol. The van der Waals surface area contributed by atoms with Crippen LogP contribution < -0.4 is 5.32 Å². The first-order valence-corrected chi connectivity index (χ1v) is 6.86. The highest BCUT2D eigenvalue weighted by molar-refractivity contribution is 6.30. The summed E-state index contributed by atoms with van der Waals surface area (Å²) in [6.07, 6.45) is 2.51. The van der Waals surface area contributed by atoms with Gasteiger partial charge in [-0.15, -0.1) is 0 Å². The highest BCUT2D eigenvalue weighted by Crippen LogP contribution is 2.17. The van der Waals surface area contributed by atoms with Gasteiger partial charge in [0.05, 0.1) is 0 Å². The number of halogens is 2. The summed E-state index contributed by atoms with van der Waals surface area (Å²) in [5, 5.41) is 3.86. The smallest absolute Gasteiger partial charge is 0.129 e. The van der Waals surface area contributed by atoms with Crippen molar-refractivity contribution < 1.29 is 4.39 Å². The molecule has 0 amide bonds. The molecule has 1 atom stereocenters. The van der Waals surface area contributed by atoms with E-state index >= 15 is 0 Å². The maximum Gasteiger partial charge on any atom is 0.129 e. The molecule has 1 N–H and O–H groups in total. The van der Waals surface area contributed by atoms with Crippen LogP contribution in [0.25, 0.3) is 0 Å². The number of nitrogens with zero attached hydrogens (tertiary/aromatic N) is 1. The molecule has 100 valence electrons. The minimum Gasteiger partial charge on any atom is -0.316 e. The van der Waals surface area contributed by atoms with Gasteiger partial charge in [-0.2, -0.15) is 0 Å². The van der Waals surface area contributed by atoms with Crippen LogP contribution in [0, 0.1) is 11.7 Å². The monoisotopic (exact) mass is 270 g/mol. The van der Waals surface area contributed by atoms with E-state index in [1.165, 1.54) is 18.9 Å². The first kappa shape index (κ1) is 13.8. The zero-order valence-corrected chi connectivity index (χ0v) is 11.5. The predicted octanol–water partition coefficient (Wildman–Crippen LogP) is 2.91. The summed E-state index contributed by atoms with van der Waals surface area (Å²) >= 11 is 5.75. The van der Waals surface area contributed by atoms with E-state index in [0.29, 0.717) is 23.0 Å². The van der Waals surface area contributed by atoms with Crippen molar-refractivity contribution in [2.24, 2.45) is 5.92 Å². The summed E-state index contributed by atoms with van der Waals surface area (Å²) in [5.41, 5.74) is 0.714. The van der Waals surface area contributed by atoms with Gasteiger partial charge < -0.3 is 10.2 Å². The fourth-order valence-corrected chi connectivity index (χ4v) is 2.68. The van der Waals surface area contributed by atoms with Gasteiger partial charge in [0.25, 0.3) is 0 Å². The molecular formula is C14H20ClFN2. The number of hydrogen-bond acceptors (Lipinski definition) is 2. The molecule has 1 unspecified atom stereocenters. The molecule has 0 bridgehead atoms. The molecule has 2 nitrogen and oxygen atoms in total. The first-order valence-electron chi connectivity index (χ1n) is 6.48. The van der Waals surface area contributed by atoms with E-state index in [0.717, 1.165) is 19.6 Å². The molecule has 0 aliphatic carbocycles. The van der Waals surface area contributed by atoms with Gasteiger partial charge >= 0.3 is 0 Å². The Balaban J connectivity index is 1.87. The molecule has 1 aromatic rings. The van der Waals surface area contributed by atoms with Gasteiger partial charge in [-0.05, 0) is 51.0 Å². The summed E-state index contributed by atoms with van der Waals surface area (Å²) in [6.45, 7) is 3.86. The molecule has 18 heavy (non-hydrogen) atoms. The number of nitrogens with one attached hydrogen (secondary N) is 1. The average Bonchev–Trinajstić information content (AvgIpc) is 2.34. The predicted molar refractivity (Wildman–Crippen MR) is 73.3 cm³/mol. The summed E-state index contributed by atoms with van der Waals surface area (Å²) in [4.78, 5) is 2.18. The van der Waals surface area contributed by atoms with Gasteiger partial charge in [-0.1, -0.05) is 17.7 Å². The molecule has 1 aromatic carbocycles. The van der Waals surface area contributed by atoms with E-state index in [2.05, 4.69) is 10.2 Å². The number of piperidine rings is 1. The van der Waals surface area contributed by atoms with Gasteiger partial charge in [0.2, 0.25) is 0 Å². The van der Waals surface area contributed by atoms with Crippen molar-refractivity contribution in [1.29, 1.82) is 0 Å². The van der Waals surface area contributed by atoms with Crippen molar-refractivity contribution in [2.75, 3.05) is 26.7 Å². The van der Waals surface area contributed by atoms with E-state index in [4.69, 9.17) is 11.6 Å². The van der Waals surface area contributed by atoms with E-state index in [1.54, 1.807) is 12.1 Å². The summed E-state index contributed by atoms with van der Waals surface area (Å²) < 4.78 is 13.7. The second-order valence-electron chi connectivity index (χ2n) is 5.14. The number of benzene rings is 1. The van der Waals surface area contributed by atoms with Crippen LogP contribution in [0.15, 0.2) is 18.2 Å². The minimum atomic E-state index is -0.212. The molecule has 1 aliphatic heterocycles. The van der Waals surface area contributed by atoms with Gasteiger partial charge in [0, 0.05) is 23.7 Å². The average molecular weight is 271 g/mol. The van der Waals surface area contributed by atoms with Crippen molar-refractivity contribution in [3.63, 3.8) is 0 Å². The van der Waals surface area contributed by atoms with E-state index < -0.39 is 0 Å². The Morgan fingerprint density at radius 3 is 3.00 bits per heavy atom. The molecule has 2 rings (SSSR count). The van der Waals surface area contributed by atoms with Crippen molar-refractivity contribution in [3.05, 3.63) is 34.6 Å². The van der Waals surface area contributed by atoms with Crippen LogP contribution >= 0.6 is 11.6 Å². The maximum atomic E-state index is 13.7. The molecule has 1 aliphatic rings. The van der Waals surface area contributed by atoms with Crippen molar-refractivity contribution in [1.82, 2.24) is 10.2 Å². The molecule has 1 saturated heterocycles. The highest BCUT2D eigenvalue weighted by Gasteiger charge is 2.15. The maximum absolute atomic E-state index is 13.7. The number of hydrogen-bond donors (Lipinski definition) is 1. The Kier molecular flexibility index (Phi) is 4.98. The van der Waals surface area contributed by atoms with Crippen LogP contribution in [-0.2, 0) is 6.54 Å². The molecule has 1 heterocycles. The lowest BCUT2D eigenvalue weighted by molar-refractivity contribution is 0.235. The van der Waals surface area contributed by atoms with Crippen LogP contribution in [0.1, 0.15) is 18.4 Å². The Morgan fingerprint density at radius 1 is 1.50 bits per heavy atom. The van der Waals surface area contributed by atoms with E-state index in [-0.39, 0.29) is 5.82 Å². The minimum absolute atomic E-state index is 0.212. The van der Waals surface area contributed by atoms with Crippen LogP contribution in [0.4, 0.5) is 4.39 Å². The second kappa shape index (κ2) is 6.50. The van der Waals surface area contributed by atoms with Crippen molar-refractivity contribution >= 4 is 11.6 Å². The fraction of sp³-hybridized carbons (Fsp3) is 0.571. The molecule has 4 heteroatoms. The molecule has 0 aromatic heterocycles. The Labute approximate surface area is 113 Å².